The van der Waals surface area contributed by atoms with Gasteiger partial charge in [0, 0.05) is 43.7 Å². The molecule has 0 spiro atoms. The highest BCUT2D eigenvalue weighted by molar-refractivity contribution is 9.10. The fourth-order valence-corrected chi connectivity index (χ4v) is 4.74. The molecule has 3 aromatic rings. The molecule has 3 aromatic carbocycles. The van der Waals surface area contributed by atoms with E-state index in [1.807, 2.05) is 91.0 Å². The van der Waals surface area contributed by atoms with Crippen LogP contribution in [0.3, 0.4) is 0 Å². The molecule has 1 heterocycles. The van der Waals surface area contributed by atoms with Crippen LogP contribution in [-0.2, 0) is 19.0 Å². The number of rotatable bonds is 15. The third-order valence-corrected chi connectivity index (χ3v) is 7.27. The Kier molecular flexibility index (Phi) is 11.7. The molecule has 0 saturated heterocycles. The van der Waals surface area contributed by atoms with Crippen molar-refractivity contribution in [3.8, 4) is 5.75 Å². The topological polar surface area (TPSA) is 111 Å². The molecule has 0 aromatic heterocycles. The van der Waals surface area contributed by atoms with Crippen molar-refractivity contribution in [2.75, 3.05) is 34.0 Å². The maximum atomic E-state index is 14.1. The monoisotopic (exact) mass is 637 g/mol. The highest BCUT2D eigenvalue weighted by atomic mass is 79.9. The number of hydrogen-bond donors (Lipinski definition) is 3. The SMILES string of the molecule is COC(CNNC(=O)[C@@]1(C/C=C/c2ccccc2)N=C(c2ccc(OCCCO)cc2)O[C@H]1c1ccc(Br)cc1)OC. The molecule has 0 unspecified atom stereocenters. The maximum Gasteiger partial charge on any atom is 0.266 e. The van der Waals surface area contributed by atoms with Crippen molar-refractivity contribution in [1.82, 2.24) is 10.9 Å². The van der Waals surface area contributed by atoms with Gasteiger partial charge in [-0.1, -0.05) is 70.5 Å². The molecular weight excluding hydrogens is 602 g/mol. The average molecular weight is 639 g/mol. The van der Waals surface area contributed by atoms with Crippen LogP contribution in [0.15, 0.2) is 94.4 Å². The summed E-state index contributed by atoms with van der Waals surface area (Å²) in [4.78, 5) is 19.1. The van der Waals surface area contributed by atoms with Crippen molar-refractivity contribution in [1.29, 1.82) is 0 Å². The third kappa shape index (κ3) is 8.05. The van der Waals surface area contributed by atoms with Crippen molar-refractivity contribution in [3.63, 3.8) is 0 Å². The van der Waals surface area contributed by atoms with Gasteiger partial charge in [-0.25, -0.2) is 10.4 Å². The van der Waals surface area contributed by atoms with Crippen LogP contribution in [-0.4, -0.2) is 62.7 Å². The first kappa shape index (κ1) is 31.4. The van der Waals surface area contributed by atoms with E-state index in [1.165, 1.54) is 14.2 Å². The molecule has 1 aliphatic rings. The zero-order valence-electron chi connectivity index (χ0n) is 23.7. The second-order valence-electron chi connectivity index (χ2n) is 9.59. The number of aliphatic hydroxyl groups excluding tert-OH is 1. The predicted octanol–water partition coefficient (Wildman–Crippen LogP) is 4.81. The molecule has 0 bridgehead atoms. The predicted molar refractivity (Wildman–Crippen MR) is 165 cm³/mol. The summed E-state index contributed by atoms with van der Waals surface area (Å²) in [5.41, 5.74) is 6.92. The first-order valence-corrected chi connectivity index (χ1v) is 14.4. The number of halogens is 1. The molecule has 0 radical (unpaired) electrons. The van der Waals surface area contributed by atoms with Gasteiger partial charge in [0.15, 0.2) is 17.9 Å². The Morgan fingerprint density at radius 3 is 2.45 bits per heavy atom. The Morgan fingerprint density at radius 1 is 1.07 bits per heavy atom. The molecule has 9 nitrogen and oxygen atoms in total. The van der Waals surface area contributed by atoms with E-state index in [2.05, 4.69) is 26.8 Å². The number of hydrogen-bond acceptors (Lipinski definition) is 8. The van der Waals surface area contributed by atoms with Gasteiger partial charge in [0.2, 0.25) is 5.90 Å². The van der Waals surface area contributed by atoms with E-state index in [4.69, 9.17) is 29.0 Å². The number of carbonyl (C=O) groups excluding carboxylic acids is 1. The van der Waals surface area contributed by atoms with Crippen LogP contribution in [0.4, 0.5) is 0 Å². The van der Waals surface area contributed by atoms with Crippen molar-refractivity contribution in [2.45, 2.75) is 30.8 Å². The van der Waals surface area contributed by atoms with Gasteiger partial charge in [0.25, 0.3) is 5.91 Å². The minimum Gasteiger partial charge on any atom is -0.494 e. The number of methoxy groups -OCH3 is 2. The lowest BCUT2D eigenvalue weighted by atomic mass is 9.84. The fourth-order valence-electron chi connectivity index (χ4n) is 4.48. The molecule has 4 rings (SSSR count). The number of hydrazine groups is 1. The van der Waals surface area contributed by atoms with Crippen LogP contribution in [0.25, 0.3) is 6.08 Å². The normalized spacial score (nSPS) is 18.2. The maximum absolute atomic E-state index is 14.1. The molecule has 1 aliphatic heterocycles. The summed E-state index contributed by atoms with van der Waals surface area (Å²) in [5.74, 6) is 0.651. The Labute approximate surface area is 254 Å². The van der Waals surface area contributed by atoms with Gasteiger partial charge in [0.05, 0.1) is 13.2 Å². The minimum absolute atomic E-state index is 0.0650. The molecule has 2 atom stereocenters. The Bertz CT molecular complexity index is 1330. The summed E-state index contributed by atoms with van der Waals surface area (Å²) in [6.07, 6.45) is 3.47. The second-order valence-corrected chi connectivity index (χ2v) is 10.5. The smallest absolute Gasteiger partial charge is 0.266 e. The molecule has 0 aliphatic carbocycles. The second kappa shape index (κ2) is 15.6. The number of ether oxygens (including phenoxy) is 4. The average Bonchev–Trinajstić information content (AvgIpc) is 3.41. The van der Waals surface area contributed by atoms with Gasteiger partial charge in [-0.3, -0.25) is 10.2 Å². The first-order chi connectivity index (χ1) is 20.5. The highest BCUT2D eigenvalue weighted by Gasteiger charge is 2.52. The Balaban J connectivity index is 1.70. The number of aliphatic imine (C=N–C) groups is 1. The lowest BCUT2D eigenvalue weighted by Gasteiger charge is -2.30. The van der Waals surface area contributed by atoms with Gasteiger partial charge in [-0.2, -0.15) is 0 Å². The van der Waals surface area contributed by atoms with E-state index >= 15 is 0 Å². The van der Waals surface area contributed by atoms with E-state index in [1.54, 1.807) is 0 Å². The Morgan fingerprint density at radius 2 is 1.79 bits per heavy atom. The molecule has 3 N–H and O–H groups in total. The fraction of sp³-hybridized carbons (Fsp3) is 0.312. The van der Waals surface area contributed by atoms with E-state index in [0.29, 0.717) is 30.2 Å². The van der Waals surface area contributed by atoms with Crippen molar-refractivity contribution < 1.29 is 28.8 Å². The molecule has 222 valence electrons. The summed E-state index contributed by atoms with van der Waals surface area (Å²) in [5, 5.41) is 9.02. The quantitative estimate of drug-likeness (QED) is 0.125. The van der Waals surface area contributed by atoms with Gasteiger partial charge in [0.1, 0.15) is 5.75 Å². The van der Waals surface area contributed by atoms with Crippen LogP contribution in [0, 0.1) is 0 Å². The highest BCUT2D eigenvalue weighted by Crippen LogP contribution is 2.43. The summed E-state index contributed by atoms with van der Waals surface area (Å²) in [7, 11) is 3.06. The van der Waals surface area contributed by atoms with Crippen LogP contribution >= 0.6 is 15.9 Å². The number of aliphatic hydroxyl groups is 1. The van der Waals surface area contributed by atoms with Crippen molar-refractivity contribution >= 4 is 33.8 Å². The van der Waals surface area contributed by atoms with Crippen LogP contribution in [0.5, 0.6) is 5.75 Å². The lowest BCUT2D eigenvalue weighted by Crippen LogP contribution is -2.54. The number of benzene rings is 3. The number of nitrogens with zero attached hydrogens (tertiary/aromatic N) is 1. The van der Waals surface area contributed by atoms with Crippen LogP contribution in [0.2, 0.25) is 0 Å². The molecule has 0 saturated carbocycles. The number of nitrogens with one attached hydrogen (secondary N) is 2. The molecule has 42 heavy (non-hydrogen) atoms. The number of carbonyl (C=O) groups is 1. The van der Waals surface area contributed by atoms with E-state index in [9.17, 15) is 4.79 Å². The molecule has 0 fully saturated rings. The van der Waals surface area contributed by atoms with E-state index < -0.39 is 17.9 Å². The largest absolute Gasteiger partial charge is 0.494 e. The number of amides is 1. The lowest BCUT2D eigenvalue weighted by molar-refractivity contribution is -0.131. The standard InChI is InChI=1S/C32H36BrN3O6/c1-39-28(40-2)22-34-36-31(38)32(19-6-10-23-8-4-3-5-9-23)29(24-11-15-26(33)16-12-24)42-30(35-32)25-13-17-27(18-14-25)41-21-7-20-37/h3-6,8-18,28-29,34,37H,7,19-22H2,1-2H3,(H,36,38)/b10-6+/t29-,32-/m0/s1. The summed E-state index contributed by atoms with van der Waals surface area (Å²) in [6.45, 7) is 0.707. The van der Waals surface area contributed by atoms with Gasteiger partial charge >= 0.3 is 0 Å². The van der Waals surface area contributed by atoms with E-state index in [-0.39, 0.29) is 25.5 Å². The third-order valence-electron chi connectivity index (χ3n) is 6.74. The van der Waals surface area contributed by atoms with Crippen molar-refractivity contribution in [2.24, 2.45) is 4.99 Å². The molecular formula is C32H36BrN3O6. The van der Waals surface area contributed by atoms with E-state index in [0.717, 1.165) is 15.6 Å². The molecule has 1 amide bonds. The van der Waals surface area contributed by atoms with Gasteiger partial charge in [-0.15, -0.1) is 0 Å². The van der Waals surface area contributed by atoms with Crippen molar-refractivity contribution in [3.05, 3.63) is 106 Å². The zero-order chi connectivity index (χ0) is 29.8. The Hall–Kier alpha value is -3.54. The zero-order valence-corrected chi connectivity index (χ0v) is 25.3. The molecule has 10 heteroatoms. The van der Waals surface area contributed by atoms with Gasteiger partial charge in [-0.05, 0) is 47.5 Å². The first-order valence-electron chi connectivity index (χ1n) is 13.7. The summed E-state index contributed by atoms with van der Waals surface area (Å²) < 4.78 is 23.6. The summed E-state index contributed by atoms with van der Waals surface area (Å²) in [6, 6.07) is 24.9. The van der Waals surface area contributed by atoms with Crippen LogP contribution < -0.4 is 15.6 Å². The van der Waals surface area contributed by atoms with Gasteiger partial charge < -0.3 is 24.1 Å². The van der Waals surface area contributed by atoms with Crippen LogP contribution in [0.1, 0.15) is 35.6 Å². The summed E-state index contributed by atoms with van der Waals surface area (Å²) >= 11 is 3.50. The minimum atomic E-state index is -1.34.